The second kappa shape index (κ2) is 6.35. The molecule has 18 heavy (non-hydrogen) atoms. The van der Waals surface area contributed by atoms with Gasteiger partial charge in [0.05, 0.1) is 6.10 Å². The lowest BCUT2D eigenvalue weighted by Crippen LogP contribution is -2.22. The van der Waals surface area contributed by atoms with E-state index in [0.29, 0.717) is 24.5 Å². The number of nitrogens with one attached hydrogen (secondary N) is 1. The summed E-state index contributed by atoms with van der Waals surface area (Å²) in [5.74, 6) is -0.557. The Bertz CT molecular complexity index is 432. The fourth-order valence-corrected chi connectivity index (χ4v) is 1.82. The van der Waals surface area contributed by atoms with Crippen LogP contribution in [0.15, 0.2) is 6.07 Å². The van der Waals surface area contributed by atoms with Crippen LogP contribution >= 0.6 is 0 Å². The second-order valence-electron chi connectivity index (χ2n) is 4.26. The third-order valence-electron chi connectivity index (χ3n) is 2.57. The standard InChI is InChI=1S/C13H20N2O3/c1-5-18-10(4)7-14-12-11(13(16)17)8(2)6-9(3)15-12/h6,10H,5,7H2,1-4H3,(H,14,15)(H,16,17). The summed E-state index contributed by atoms with van der Waals surface area (Å²) in [6.45, 7) is 8.64. The average molecular weight is 252 g/mol. The summed E-state index contributed by atoms with van der Waals surface area (Å²) in [5, 5.41) is 12.2. The highest BCUT2D eigenvalue weighted by Crippen LogP contribution is 2.18. The van der Waals surface area contributed by atoms with E-state index >= 15 is 0 Å². The fourth-order valence-electron chi connectivity index (χ4n) is 1.82. The maximum atomic E-state index is 11.2. The van der Waals surface area contributed by atoms with Gasteiger partial charge in [-0.05, 0) is 39.3 Å². The molecule has 0 radical (unpaired) electrons. The summed E-state index contributed by atoms with van der Waals surface area (Å²) >= 11 is 0. The zero-order valence-corrected chi connectivity index (χ0v) is 11.3. The number of carboxylic acids is 1. The SMILES string of the molecule is CCOC(C)CNc1nc(C)cc(C)c1C(=O)O. The third kappa shape index (κ3) is 3.70. The molecule has 0 fully saturated rings. The van der Waals surface area contributed by atoms with Gasteiger partial charge in [-0.3, -0.25) is 0 Å². The first-order chi connectivity index (χ1) is 8.45. The number of aromatic carboxylic acids is 1. The van der Waals surface area contributed by atoms with E-state index in [1.54, 1.807) is 13.0 Å². The highest BCUT2D eigenvalue weighted by molar-refractivity contribution is 5.94. The van der Waals surface area contributed by atoms with Gasteiger partial charge < -0.3 is 15.2 Å². The Hall–Kier alpha value is -1.62. The molecule has 0 aliphatic rings. The number of carbonyl (C=O) groups is 1. The quantitative estimate of drug-likeness (QED) is 0.812. The summed E-state index contributed by atoms with van der Waals surface area (Å²) in [4.78, 5) is 15.5. The van der Waals surface area contributed by atoms with E-state index in [9.17, 15) is 9.90 Å². The molecule has 1 rings (SSSR count). The lowest BCUT2D eigenvalue weighted by molar-refractivity contribution is 0.0695. The summed E-state index contributed by atoms with van der Waals surface area (Å²) in [6.07, 6.45) is 0.0132. The number of hydrogen-bond acceptors (Lipinski definition) is 4. The molecule has 2 N–H and O–H groups in total. The van der Waals surface area contributed by atoms with E-state index in [-0.39, 0.29) is 11.7 Å². The van der Waals surface area contributed by atoms with Crippen molar-refractivity contribution in [2.75, 3.05) is 18.5 Å². The van der Waals surface area contributed by atoms with Crippen LogP contribution in [0.3, 0.4) is 0 Å². The molecule has 5 heteroatoms. The average Bonchev–Trinajstić information content (AvgIpc) is 2.25. The topological polar surface area (TPSA) is 71.5 Å². The van der Waals surface area contributed by atoms with Crippen molar-refractivity contribution in [1.29, 1.82) is 0 Å². The smallest absolute Gasteiger partial charge is 0.339 e. The molecule has 1 aromatic rings. The number of hydrogen-bond donors (Lipinski definition) is 2. The van der Waals surface area contributed by atoms with Gasteiger partial charge in [-0.2, -0.15) is 0 Å². The van der Waals surface area contributed by atoms with Crippen LogP contribution in [0, 0.1) is 13.8 Å². The molecule has 0 aliphatic carbocycles. The van der Waals surface area contributed by atoms with Gasteiger partial charge in [0.15, 0.2) is 0 Å². The molecule has 100 valence electrons. The molecular weight excluding hydrogens is 232 g/mol. The summed E-state index contributed by atoms with van der Waals surface area (Å²) in [6, 6.07) is 1.76. The van der Waals surface area contributed by atoms with Crippen molar-refractivity contribution >= 4 is 11.8 Å². The van der Waals surface area contributed by atoms with Crippen LogP contribution in [0.25, 0.3) is 0 Å². The Balaban J connectivity index is 2.90. The zero-order valence-electron chi connectivity index (χ0n) is 11.3. The Morgan fingerprint density at radius 3 is 2.78 bits per heavy atom. The molecule has 5 nitrogen and oxygen atoms in total. The molecule has 1 heterocycles. The van der Waals surface area contributed by atoms with Crippen LogP contribution in [0.1, 0.15) is 35.5 Å². The Kier molecular flexibility index (Phi) is 5.09. The normalized spacial score (nSPS) is 12.2. The van der Waals surface area contributed by atoms with E-state index in [2.05, 4.69) is 10.3 Å². The van der Waals surface area contributed by atoms with Gasteiger partial charge in [-0.1, -0.05) is 0 Å². The molecule has 0 saturated carbocycles. The maximum absolute atomic E-state index is 11.2. The number of nitrogens with zero attached hydrogens (tertiary/aromatic N) is 1. The molecule has 0 spiro atoms. The number of carboxylic acid groups (broad SMARTS) is 1. The number of aryl methyl sites for hydroxylation is 2. The first kappa shape index (κ1) is 14.4. The van der Waals surface area contributed by atoms with Crippen molar-refractivity contribution in [3.05, 3.63) is 22.9 Å². The summed E-state index contributed by atoms with van der Waals surface area (Å²) in [7, 11) is 0. The second-order valence-corrected chi connectivity index (χ2v) is 4.26. The molecule has 0 aromatic carbocycles. The molecule has 1 atom stereocenters. The Morgan fingerprint density at radius 2 is 2.22 bits per heavy atom. The molecule has 1 aromatic heterocycles. The highest BCUT2D eigenvalue weighted by atomic mass is 16.5. The number of aromatic nitrogens is 1. The summed E-state index contributed by atoms with van der Waals surface area (Å²) < 4.78 is 5.39. The van der Waals surface area contributed by atoms with Gasteiger partial charge in [-0.25, -0.2) is 9.78 Å². The van der Waals surface area contributed by atoms with E-state index in [1.165, 1.54) is 0 Å². The van der Waals surface area contributed by atoms with Crippen LogP contribution in [-0.4, -0.2) is 35.3 Å². The minimum Gasteiger partial charge on any atom is -0.478 e. The van der Waals surface area contributed by atoms with E-state index in [0.717, 1.165) is 5.69 Å². The molecule has 0 aliphatic heterocycles. The Morgan fingerprint density at radius 1 is 1.56 bits per heavy atom. The molecule has 0 saturated heterocycles. The van der Waals surface area contributed by atoms with Crippen LogP contribution in [0.5, 0.6) is 0 Å². The van der Waals surface area contributed by atoms with Crippen molar-refractivity contribution in [3.8, 4) is 0 Å². The minimum atomic E-state index is -0.966. The Labute approximate surface area is 107 Å². The van der Waals surface area contributed by atoms with Gasteiger partial charge in [0.2, 0.25) is 0 Å². The first-order valence-corrected chi connectivity index (χ1v) is 6.02. The van der Waals surface area contributed by atoms with Gasteiger partial charge >= 0.3 is 5.97 Å². The van der Waals surface area contributed by atoms with E-state index in [1.807, 2.05) is 20.8 Å². The van der Waals surface area contributed by atoms with Crippen molar-refractivity contribution in [3.63, 3.8) is 0 Å². The van der Waals surface area contributed by atoms with Crippen LogP contribution in [0.2, 0.25) is 0 Å². The highest BCUT2D eigenvalue weighted by Gasteiger charge is 2.16. The predicted octanol–water partition coefficient (Wildman–Crippen LogP) is 2.23. The number of ether oxygens (including phenoxy) is 1. The molecule has 0 bridgehead atoms. The number of anilines is 1. The number of rotatable bonds is 6. The zero-order chi connectivity index (χ0) is 13.7. The van der Waals surface area contributed by atoms with Crippen LogP contribution in [0.4, 0.5) is 5.82 Å². The predicted molar refractivity (Wildman–Crippen MR) is 70.2 cm³/mol. The maximum Gasteiger partial charge on any atom is 0.339 e. The van der Waals surface area contributed by atoms with Crippen LogP contribution < -0.4 is 5.32 Å². The van der Waals surface area contributed by atoms with Gasteiger partial charge in [0, 0.05) is 18.8 Å². The van der Waals surface area contributed by atoms with Gasteiger partial charge in [-0.15, -0.1) is 0 Å². The van der Waals surface area contributed by atoms with Crippen molar-refractivity contribution in [1.82, 2.24) is 4.98 Å². The lowest BCUT2D eigenvalue weighted by Gasteiger charge is -2.15. The fraction of sp³-hybridized carbons (Fsp3) is 0.538. The lowest BCUT2D eigenvalue weighted by atomic mass is 10.1. The van der Waals surface area contributed by atoms with E-state index in [4.69, 9.17) is 4.74 Å². The minimum absolute atomic E-state index is 0.0132. The van der Waals surface area contributed by atoms with Gasteiger partial charge in [0.1, 0.15) is 11.4 Å². The molecule has 0 amide bonds. The monoisotopic (exact) mass is 252 g/mol. The third-order valence-corrected chi connectivity index (χ3v) is 2.57. The van der Waals surface area contributed by atoms with Crippen molar-refractivity contribution in [2.45, 2.75) is 33.8 Å². The van der Waals surface area contributed by atoms with Crippen molar-refractivity contribution in [2.24, 2.45) is 0 Å². The van der Waals surface area contributed by atoms with Gasteiger partial charge in [0.25, 0.3) is 0 Å². The molecule has 1 unspecified atom stereocenters. The summed E-state index contributed by atoms with van der Waals surface area (Å²) in [5.41, 5.74) is 1.73. The number of pyridine rings is 1. The van der Waals surface area contributed by atoms with Crippen LogP contribution in [-0.2, 0) is 4.74 Å². The van der Waals surface area contributed by atoms with Crippen molar-refractivity contribution < 1.29 is 14.6 Å². The van der Waals surface area contributed by atoms with E-state index < -0.39 is 5.97 Å². The largest absolute Gasteiger partial charge is 0.478 e. The first-order valence-electron chi connectivity index (χ1n) is 6.02. The molecular formula is C13H20N2O3.